The number of halogens is 2. The molecule has 2 amide bonds. The number of anilines is 1. The van der Waals surface area contributed by atoms with E-state index in [0.717, 1.165) is 33.8 Å². The van der Waals surface area contributed by atoms with E-state index in [1.54, 1.807) is 32.4 Å². The van der Waals surface area contributed by atoms with Crippen LogP contribution in [0.2, 0.25) is 10.0 Å². The van der Waals surface area contributed by atoms with Gasteiger partial charge in [0.2, 0.25) is 11.8 Å². The van der Waals surface area contributed by atoms with Crippen LogP contribution >= 0.6 is 23.2 Å². The molecule has 2 aliphatic carbocycles. The average molecular weight is 532 g/mol. The minimum atomic E-state index is -0.487. The fourth-order valence-electron chi connectivity index (χ4n) is 6.01. The second-order valence-corrected chi connectivity index (χ2v) is 10.2. The first-order valence-electron chi connectivity index (χ1n) is 12.0. The zero-order chi connectivity index (χ0) is 25.8. The molecule has 3 aliphatic rings. The Morgan fingerprint density at radius 1 is 0.730 bits per heavy atom. The molecule has 1 heterocycles. The molecule has 0 aromatic heterocycles. The Hall–Kier alpha value is -3.54. The molecule has 1 saturated carbocycles. The highest BCUT2D eigenvalue weighted by Crippen LogP contribution is 2.59. The molecule has 4 atom stereocenters. The zero-order valence-corrected chi connectivity index (χ0v) is 21.7. The molecule has 3 aromatic rings. The fraction of sp³-hybridized carbons (Fsp3) is 0.200. The molecule has 0 N–H and O–H groups in total. The van der Waals surface area contributed by atoms with Crippen molar-refractivity contribution in [1.29, 1.82) is 0 Å². The maximum Gasteiger partial charge on any atom is 0.238 e. The van der Waals surface area contributed by atoms with Crippen molar-refractivity contribution in [3.8, 4) is 11.5 Å². The number of carbonyl (C=O) groups is 2. The highest BCUT2D eigenvalue weighted by atomic mass is 35.5. The third-order valence-corrected chi connectivity index (χ3v) is 8.17. The van der Waals surface area contributed by atoms with Crippen LogP contribution in [0, 0.1) is 23.7 Å². The predicted octanol–water partition coefficient (Wildman–Crippen LogP) is 6.43. The standard InChI is InChI=1S/C30H23Cl2NO4/c1-36-19-8-3-16(4-9-19)25(17-5-10-20(37-2)11-6-17)26-21-12-13-22(26)28-27(21)29(34)33(30(28)35)24-15-18(31)7-14-23(24)32/h3-15,21-22,27-28H,1-2H3/t21-,22-,27-,28+/m1/s1. The summed E-state index contributed by atoms with van der Waals surface area (Å²) < 4.78 is 10.7. The lowest BCUT2D eigenvalue weighted by molar-refractivity contribution is -0.122. The van der Waals surface area contributed by atoms with Crippen molar-refractivity contribution >= 4 is 46.3 Å². The van der Waals surface area contributed by atoms with E-state index in [9.17, 15) is 9.59 Å². The second-order valence-electron chi connectivity index (χ2n) is 9.38. The highest BCUT2D eigenvalue weighted by Gasteiger charge is 2.62. The van der Waals surface area contributed by atoms with E-state index in [2.05, 4.69) is 12.2 Å². The SMILES string of the molecule is COc1ccc(C(=C2[C@H]3C=C[C@H]2[C@H]2C(=O)N(c4cc(Cl)ccc4Cl)C(=O)[C@H]23)c2ccc(OC)cc2)cc1. The van der Waals surface area contributed by atoms with Gasteiger partial charge >= 0.3 is 0 Å². The summed E-state index contributed by atoms with van der Waals surface area (Å²) in [6, 6.07) is 20.6. The van der Waals surface area contributed by atoms with Gasteiger partial charge in [0.1, 0.15) is 11.5 Å². The molecule has 7 heteroatoms. The molecule has 0 spiro atoms. The van der Waals surface area contributed by atoms with Gasteiger partial charge in [-0.3, -0.25) is 9.59 Å². The van der Waals surface area contributed by atoms with E-state index in [0.29, 0.717) is 15.7 Å². The first kappa shape index (κ1) is 23.8. The smallest absolute Gasteiger partial charge is 0.238 e. The second kappa shape index (κ2) is 9.09. The van der Waals surface area contributed by atoms with E-state index < -0.39 is 11.8 Å². The number of amides is 2. The Morgan fingerprint density at radius 2 is 1.22 bits per heavy atom. The van der Waals surface area contributed by atoms with Gasteiger partial charge in [0.05, 0.1) is 36.8 Å². The van der Waals surface area contributed by atoms with Crippen LogP contribution in [0.1, 0.15) is 11.1 Å². The molecule has 3 aromatic carbocycles. The Labute approximate surface area is 224 Å². The Kier molecular flexibility index (Phi) is 5.85. The van der Waals surface area contributed by atoms with Gasteiger partial charge in [-0.15, -0.1) is 0 Å². The number of benzene rings is 3. The van der Waals surface area contributed by atoms with Crippen LogP contribution < -0.4 is 14.4 Å². The lowest BCUT2D eigenvalue weighted by atomic mass is 9.85. The number of ether oxygens (including phenoxy) is 2. The molecule has 0 radical (unpaired) electrons. The first-order chi connectivity index (χ1) is 17.9. The van der Waals surface area contributed by atoms with Crippen molar-refractivity contribution in [2.75, 3.05) is 19.1 Å². The highest BCUT2D eigenvalue weighted by molar-refractivity contribution is 6.38. The van der Waals surface area contributed by atoms with Crippen LogP contribution in [0.25, 0.3) is 5.57 Å². The van der Waals surface area contributed by atoms with Gasteiger partial charge in [0, 0.05) is 16.9 Å². The maximum atomic E-state index is 13.8. The van der Waals surface area contributed by atoms with Crippen LogP contribution in [0.15, 0.2) is 84.5 Å². The maximum absolute atomic E-state index is 13.8. The van der Waals surface area contributed by atoms with E-state index in [4.69, 9.17) is 32.7 Å². The van der Waals surface area contributed by atoms with Gasteiger partial charge in [0.25, 0.3) is 0 Å². The average Bonchev–Trinajstić information content (AvgIpc) is 3.55. The van der Waals surface area contributed by atoms with Crippen molar-refractivity contribution in [1.82, 2.24) is 0 Å². The van der Waals surface area contributed by atoms with E-state index in [-0.39, 0.29) is 23.7 Å². The van der Waals surface area contributed by atoms with Crippen molar-refractivity contribution in [3.63, 3.8) is 0 Å². The minimum absolute atomic E-state index is 0.200. The van der Waals surface area contributed by atoms with Crippen LogP contribution in [-0.2, 0) is 9.59 Å². The van der Waals surface area contributed by atoms with Crippen LogP contribution in [-0.4, -0.2) is 26.0 Å². The summed E-state index contributed by atoms with van der Waals surface area (Å²) >= 11 is 12.6. The van der Waals surface area contributed by atoms with Gasteiger partial charge in [0.15, 0.2) is 0 Å². The van der Waals surface area contributed by atoms with Crippen molar-refractivity contribution in [3.05, 3.63) is 106 Å². The van der Waals surface area contributed by atoms with Gasteiger partial charge in [-0.2, -0.15) is 0 Å². The molecule has 2 bridgehead atoms. The summed E-state index contributed by atoms with van der Waals surface area (Å²) in [5.74, 6) is -0.340. The summed E-state index contributed by atoms with van der Waals surface area (Å²) in [6.07, 6.45) is 4.14. The molecule has 5 nitrogen and oxygen atoms in total. The lowest BCUT2D eigenvalue weighted by Crippen LogP contribution is -2.33. The molecular weight excluding hydrogens is 509 g/mol. The van der Waals surface area contributed by atoms with Crippen molar-refractivity contribution < 1.29 is 19.1 Å². The number of methoxy groups -OCH3 is 2. The van der Waals surface area contributed by atoms with Crippen LogP contribution in [0.4, 0.5) is 5.69 Å². The Balaban J connectivity index is 1.48. The van der Waals surface area contributed by atoms with Gasteiger partial charge in [-0.05, 0) is 64.7 Å². The largest absolute Gasteiger partial charge is 0.497 e. The Morgan fingerprint density at radius 3 is 1.68 bits per heavy atom. The molecule has 37 heavy (non-hydrogen) atoms. The fourth-order valence-corrected chi connectivity index (χ4v) is 6.37. The van der Waals surface area contributed by atoms with Crippen molar-refractivity contribution in [2.24, 2.45) is 23.7 Å². The monoisotopic (exact) mass is 531 g/mol. The van der Waals surface area contributed by atoms with Gasteiger partial charge in [-0.1, -0.05) is 59.6 Å². The van der Waals surface area contributed by atoms with Crippen LogP contribution in [0.5, 0.6) is 11.5 Å². The minimum Gasteiger partial charge on any atom is -0.497 e. The lowest BCUT2D eigenvalue weighted by Gasteiger charge is -2.22. The summed E-state index contributed by atoms with van der Waals surface area (Å²) in [5, 5.41) is 0.735. The molecule has 0 unspecified atom stereocenters. The number of carbonyl (C=O) groups excluding carboxylic acids is 2. The number of nitrogens with zero attached hydrogens (tertiary/aromatic N) is 1. The number of imide groups is 1. The Bertz CT molecular complexity index is 1390. The number of hydrogen-bond acceptors (Lipinski definition) is 4. The molecule has 186 valence electrons. The summed E-state index contributed by atoms with van der Waals surface area (Å²) in [7, 11) is 3.27. The number of rotatable bonds is 5. The third kappa shape index (κ3) is 3.68. The summed E-state index contributed by atoms with van der Waals surface area (Å²) in [4.78, 5) is 28.8. The molecule has 1 saturated heterocycles. The zero-order valence-electron chi connectivity index (χ0n) is 20.2. The predicted molar refractivity (Wildman–Crippen MR) is 144 cm³/mol. The summed E-state index contributed by atoms with van der Waals surface area (Å²) in [5.41, 5.74) is 4.44. The number of allylic oxidation sites excluding steroid dienone is 3. The third-order valence-electron chi connectivity index (χ3n) is 7.61. The van der Waals surface area contributed by atoms with Gasteiger partial charge in [-0.25, -0.2) is 4.90 Å². The van der Waals surface area contributed by atoms with Crippen molar-refractivity contribution in [2.45, 2.75) is 0 Å². The topological polar surface area (TPSA) is 55.8 Å². The van der Waals surface area contributed by atoms with Gasteiger partial charge < -0.3 is 9.47 Å². The molecule has 1 aliphatic heterocycles. The summed E-state index contributed by atoms with van der Waals surface area (Å²) in [6.45, 7) is 0. The van der Waals surface area contributed by atoms with E-state index in [1.165, 1.54) is 4.90 Å². The van der Waals surface area contributed by atoms with Crippen LogP contribution in [0.3, 0.4) is 0 Å². The molecule has 6 rings (SSSR count). The van der Waals surface area contributed by atoms with E-state index >= 15 is 0 Å². The quantitative estimate of drug-likeness (QED) is 0.281. The molecular formula is C30H23Cl2NO4. The number of fused-ring (bicyclic) bond motifs is 5. The number of hydrogen-bond donors (Lipinski definition) is 0. The first-order valence-corrected chi connectivity index (χ1v) is 12.7. The van der Waals surface area contributed by atoms with E-state index in [1.807, 2.05) is 48.5 Å². The molecule has 2 fully saturated rings. The normalized spacial score (nSPS) is 23.6.